The van der Waals surface area contributed by atoms with Crippen molar-refractivity contribution in [1.29, 1.82) is 0 Å². The minimum Gasteiger partial charge on any atom is -0.355 e. The molecule has 1 N–H and O–H groups in total. The second-order valence-corrected chi connectivity index (χ2v) is 5.79. The number of likely N-dealkylation sites (N-methyl/N-ethyl adjacent to an activating group) is 1. The molecule has 9 heteroatoms. The lowest BCUT2D eigenvalue weighted by atomic mass is 10.1. The Morgan fingerprint density at radius 2 is 2.04 bits per heavy atom. The first-order valence-corrected chi connectivity index (χ1v) is 7.82. The van der Waals surface area contributed by atoms with Crippen LogP contribution in [-0.2, 0) is 11.3 Å². The molecule has 2 aromatic rings. The van der Waals surface area contributed by atoms with Gasteiger partial charge in [-0.15, -0.1) is 0 Å². The lowest BCUT2D eigenvalue weighted by Crippen LogP contribution is -2.56. The quantitative estimate of drug-likeness (QED) is 0.867. The predicted octanol–water partition coefficient (Wildman–Crippen LogP) is 0.897. The number of aromatic nitrogens is 3. The molecule has 0 spiro atoms. The number of carbonyl (C=O) groups excluding carboxylic acids is 1. The van der Waals surface area contributed by atoms with Gasteiger partial charge < -0.3 is 10.2 Å². The van der Waals surface area contributed by atoms with Crippen molar-refractivity contribution in [2.24, 2.45) is 0 Å². The molecular formula is C16H17F2N5O2. The van der Waals surface area contributed by atoms with Crippen LogP contribution in [0.4, 0.5) is 14.6 Å². The molecule has 1 saturated heterocycles. The molecule has 0 aromatic carbocycles. The van der Waals surface area contributed by atoms with Gasteiger partial charge in [-0.05, 0) is 25.1 Å². The van der Waals surface area contributed by atoms with Gasteiger partial charge in [0, 0.05) is 24.4 Å². The van der Waals surface area contributed by atoms with Crippen molar-refractivity contribution in [2.45, 2.75) is 19.4 Å². The molecule has 0 saturated carbocycles. The summed E-state index contributed by atoms with van der Waals surface area (Å²) in [4.78, 5) is 29.1. The zero-order chi connectivity index (χ0) is 18.0. The van der Waals surface area contributed by atoms with Crippen LogP contribution in [0.1, 0.15) is 6.92 Å². The highest BCUT2D eigenvalue weighted by molar-refractivity contribution is 5.75. The Bertz CT molecular complexity index is 827. The molecule has 0 radical (unpaired) electrons. The summed E-state index contributed by atoms with van der Waals surface area (Å²) >= 11 is 0. The number of nitrogens with zero attached hydrogens (tertiary/aromatic N) is 4. The van der Waals surface area contributed by atoms with Crippen LogP contribution in [0, 0.1) is 0 Å². The molecule has 0 atom stereocenters. The normalized spacial score (nSPS) is 15.6. The number of rotatable bonds is 5. The van der Waals surface area contributed by atoms with Crippen LogP contribution < -0.4 is 15.8 Å². The number of alkyl halides is 2. The molecule has 25 heavy (non-hydrogen) atoms. The van der Waals surface area contributed by atoms with Gasteiger partial charge >= 0.3 is 0 Å². The standard InChI is InChI=1S/C16H17F2N5O2/c1-2-19-14(24)8-23-15(25)6-4-12(21-23)11-3-5-13(20-7-11)22-9-16(17,18)10-22/h3-7H,2,8-10H2,1H3,(H,19,24). The van der Waals surface area contributed by atoms with Gasteiger partial charge in [-0.25, -0.2) is 18.4 Å². The number of pyridine rings is 1. The first-order chi connectivity index (χ1) is 11.9. The first-order valence-electron chi connectivity index (χ1n) is 7.82. The van der Waals surface area contributed by atoms with Crippen LogP contribution in [0.5, 0.6) is 0 Å². The molecule has 1 fully saturated rings. The van der Waals surface area contributed by atoms with Crippen LogP contribution in [0.15, 0.2) is 35.3 Å². The Hall–Kier alpha value is -2.84. The zero-order valence-electron chi connectivity index (χ0n) is 13.6. The van der Waals surface area contributed by atoms with E-state index in [4.69, 9.17) is 0 Å². The molecule has 1 amide bonds. The summed E-state index contributed by atoms with van der Waals surface area (Å²) in [7, 11) is 0. The Balaban J connectivity index is 1.77. The van der Waals surface area contributed by atoms with E-state index in [-0.39, 0.29) is 31.1 Å². The third-order valence-electron chi connectivity index (χ3n) is 3.75. The molecule has 7 nitrogen and oxygen atoms in total. The van der Waals surface area contributed by atoms with Gasteiger partial charge in [0.25, 0.3) is 11.5 Å². The number of carbonyl (C=O) groups is 1. The molecule has 132 valence electrons. The summed E-state index contributed by atoms with van der Waals surface area (Å²) in [6.07, 6.45) is 1.51. The number of nitrogens with one attached hydrogen (secondary N) is 1. The Kier molecular flexibility index (Phi) is 4.47. The van der Waals surface area contributed by atoms with Crippen LogP contribution >= 0.6 is 0 Å². The van der Waals surface area contributed by atoms with Gasteiger partial charge in [-0.3, -0.25) is 9.59 Å². The summed E-state index contributed by atoms with van der Waals surface area (Å²) in [5, 5.41) is 6.77. The second kappa shape index (κ2) is 6.58. The highest BCUT2D eigenvalue weighted by Gasteiger charge is 2.44. The minimum absolute atomic E-state index is 0.172. The van der Waals surface area contributed by atoms with E-state index in [1.165, 1.54) is 23.2 Å². The topological polar surface area (TPSA) is 80.1 Å². The maximum atomic E-state index is 12.9. The highest BCUT2D eigenvalue weighted by atomic mass is 19.3. The van der Waals surface area contributed by atoms with Crippen LogP contribution in [0.25, 0.3) is 11.3 Å². The van der Waals surface area contributed by atoms with E-state index in [1.54, 1.807) is 19.1 Å². The van der Waals surface area contributed by atoms with Crippen molar-refractivity contribution in [2.75, 3.05) is 24.5 Å². The lowest BCUT2D eigenvalue weighted by molar-refractivity contribution is -0.121. The van der Waals surface area contributed by atoms with E-state index in [0.29, 0.717) is 23.6 Å². The Labute approximate surface area is 142 Å². The van der Waals surface area contributed by atoms with Gasteiger partial charge in [0.2, 0.25) is 5.91 Å². The minimum atomic E-state index is -2.66. The van der Waals surface area contributed by atoms with Crippen molar-refractivity contribution in [1.82, 2.24) is 20.1 Å². The fraction of sp³-hybridized carbons (Fsp3) is 0.375. The molecule has 2 aromatic heterocycles. The van der Waals surface area contributed by atoms with Gasteiger partial charge in [0.05, 0.1) is 18.8 Å². The number of halogens is 2. The second-order valence-electron chi connectivity index (χ2n) is 5.79. The van der Waals surface area contributed by atoms with Crippen LogP contribution in [0.3, 0.4) is 0 Å². The number of anilines is 1. The smallest absolute Gasteiger partial charge is 0.282 e. The third-order valence-corrected chi connectivity index (χ3v) is 3.75. The van der Waals surface area contributed by atoms with Gasteiger partial charge in [-0.2, -0.15) is 5.10 Å². The summed E-state index contributed by atoms with van der Waals surface area (Å²) in [6.45, 7) is 1.40. The Morgan fingerprint density at radius 3 is 2.64 bits per heavy atom. The van der Waals surface area contributed by atoms with E-state index in [1.807, 2.05) is 0 Å². The van der Waals surface area contributed by atoms with Crippen molar-refractivity contribution >= 4 is 11.7 Å². The number of amides is 1. The van der Waals surface area contributed by atoms with Gasteiger partial charge in [0.15, 0.2) is 0 Å². The van der Waals surface area contributed by atoms with Gasteiger partial charge in [0.1, 0.15) is 12.4 Å². The monoisotopic (exact) mass is 349 g/mol. The molecule has 0 bridgehead atoms. The highest BCUT2D eigenvalue weighted by Crippen LogP contribution is 2.31. The fourth-order valence-electron chi connectivity index (χ4n) is 2.50. The number of hydrogen-bond acceptors (Lipinski definition) is 5. The molecule has 3 rings (SSSR count). The van der Waals surface area contributed by atoms with Crippen molar-refractivity contribution < 1.29 is 13.6 Å². The average molecular weight is 349 g/mol. The molecule has 1 aliphatic heterocycles. The number of hydrogen-bond donors (Lipinski definition) is 1. The molecule has 1 aliphatic rings. The van der Waals surface area contributed by atoms with E-state index >= 15 is 0 Å². The summed E-state index contributed by atoms with van der Waals surface area (Å²) in [6, 6.07) is 6.18. The Morgan fingerprint density at radius 1 is 1.28 bits per heavy atom. The molecule has 0 aliphatic carbocycles. The SMILES string of the molecule is CCNC(=O)Cn1nc(-c2ccc(N3CC(F)(F)C3)nc2)ccc1=O. The van der Waals surface area contributed by atoms with Crippen LogP contribution in [0.2, 0.25) is 0 Å². The van der Waals surface area contributed by atoms with E-state index < -0.39 is 5.92 Å². The van der Waals surface area contributed by atoms with E-state index in [2.05, 4.69) is 15.4 Å². The summed E-state index contributed by atoms with van der Waals surface area (Å²) in [5.74, 6) is -2.50. The molecular weight excluding hydrogens is 332 g/mol. The van der Waals surface area contributed by atoms with Crippen molar-refractivity contribution in [3.05, 3.63) is 40.8 Å². The largest absolute Gasteiger partial charge is 0.355 e. The van der Waals surface area contributed by atoms with Crippen LogP contribution in [-0.4, -0.2) is 46.2 Å². The molecule has 0 unspecified atom stereocenters. The fourth-order valence-corrected chi connectivity index (χ4v) is 2.50. The van der Waals surface area contributed by atoms with E-state index in [0.717, 1.165) is 4.68 Å². The van der Waals surface area contributed by atoms with Crippen molar-refractivity contribution in [3.63, 3.8) is 0 Å². The van der Waals surface area contributed by atoms with Crippen molar-refractivity contribution in [3.8, 4) is 11.3 Å². The first kappa shape index (κ1) is 17.0. The van der Waals surface area contributed by atoms with Gasteiger partial charge in [-0.1, -0.05) is 0 Å². The average Bonchev–Trinajstić information content (AvgIpc) is 2.55. The maximum Gasteiger partial charge on any atom is 0.282 e. The lowest BCUT2D eigenvalue weighted by Gasteiger charge is -2.39. The summed E-state index contributed by atoms with van der Waals surface area (Å²) in [5.41, 5.74) is 0.708. The molecule has 3 heterocycles. The zero-order valence-corrected chi connectivity index (χ0v) is 13.6. The third kappa shape index (κ3) is 3.81. The predicted molar refractivity (Wildman–Crippen MR) is 87.6 cm³/mol. The summed E-state index contributed by atoms with van der Waals surface area (Å²) < 4.78 is 26.9. The van der Waals surface area contributed by atoms with E-state index in [9.17, 15) is 18.4 Å². The maximum absolute atomic E-state index is 12.9.